The van der Waals surface area contributed by atoms with Crippen LogP contribution in [0.5, 0.6) is 5.75 Å². The van der Waals surface area contributed by atoms with Crippen molar-refractivity contribution in [1.82, 2.24) is 0 Å². The van der Waals surface area contributed by atoms with E-state index in [2.05, 4.69) is 12.2 Å². The largest absolute Gasteiger partial charge is 0.494 e. The van der Waals surface area contributed by atoms with Gasteiger partial charge in [-0.3, -0.25) is 4.79 Å². The molecule has 0 saturated carbocycles. The quantitative estimate of drug-likeness (QED) is 0.532. The number of rotatable bonds is 9. The molecule has 0 spiro atoms. The lowest BCUT2D eigenvalue weighted by Gasteiger charge is -2.13. The zero-order chi connectivity index (χ0) is 18.9. The molecule has 0 heterocycles. The molecule has 140 valence electrons. The number of benzene rings is 2. The maximum Gasteiger partial charge on any atom is 0.255 e. The monoisotopic (exact) mass is 395 g/mol. The molecule has 1 amide bonds. The molecule has 0 aliphatic carbocycles. The van der Waals surface area contributed by atoms with Crippen molar-refractivity contribution in [2.45, 2.75) is 33.3 Å². The number of carbonyl (C=O) groups excluding carboxylic acids is 1. The van der Waals surface area contributed by atoms with Crippen LogP contribution in [0, 0.1) is 0 Å². The number of carbonyl (C=O) groups is 1. The molecule has 0 aliphatic heterocycles. The summed E-state index contributed by atoms with van der Waals surface area (Å²) in [5, 5.41) is 3.65. The van der Waals surface area contributed by atoms with E-state index in [0.717, 1.165) is 24.2 Å². The molecule has 0 atom stereocenters. The first-order valence-electron chi connectivity index (χ1n) is 8.65. The average Bonchev–Trinajstić information content (AvgIpc) is 2.63. The predicted octanol–water partition coefficient (Wildman–Crippen LogP) is 5.96. The normalized spacial score (nSPS) is 10.6. The van der Waals surface area contributed by atoms with Gasteiger partial charge in [0.25, 0.3) is 5.91 Å². The first kappa shape index (κ1) is 20.6. The van der Waals surface area contributed by atoms with Crippen molar-refractivity contribution in [3.05, 3.63) is 57.6 Å². The van der Waals surface area contributed by atoms with Crippen LogP contribution in [-0.4, -0.2) is 19.1 Å². The lowest BCUT2D eigenvalue weighted by atomic mass is 10.1. The molecular formula is C20H23Cl2NO3. The third-order valence-electron chi connectivity index (χ3n) is 3.70. The van der Waals surface area contributed by atoms with Gasteiger partial charge in [-0.15, -0.1) is 0 Å². The first-order valence-corrected chi connectivity index (χ1v) is 9.40. The first-order chi connectivity index (χ1) is 12.5. The van der Waals surface area contributed by atoms with Crippen LogP contribution in [-0.2, 0) is 11.3 Å². The Bertz CT molecular complexity index is 750. The minimum absolute atomic E-state index is 0.235. The van der Waals surface area contributed by atoms with Gasteiger partial charge >= 0.3 is 0 Å². The fraction of sp³-hybridized carbons (Fsp3) is 0.350. The molecule has 0 bridgehead atoms. The van der Waals surface area contributed by atoms with Crippen LogP contribution in [0.4, 0.5) is 5.69 Å². The number of halogens is 2. The molecule has 0 fully saturated rings. The van der Waals surface area contributed by atoms with Gasteiger partial charge in [0.05, 0.1) is 23.3 Å². The van der Waals surface area contributed by atoms with Gasteiger partial charge in [0.1, 0.15) is 5.75 Å². The van der Waals surface area contributed by atoms with Crippen LogP contribution < -0.4 is 10.1 Å². The summed E-state index contributed by atoms with van der Waals surface area (Å²) in [5.41, 5.74) is 1.96. The highest BCUT2D eigenvalue weighted by Gasteiger charge is 2.12. The molecular weight excluding hydrogens is 373 g/mol. The van der Waals surface area contributed by atoms with Gasteiger partial charge in [0.15, 0.2) is 0 Å². The molecule has 4 nitrogen and oxygen atoms in total. The second kappa shape index (κ2) is 10.4. The van der Waals surface area contributed by atoms with E-state index in [-0.39, 0.29) is 5.91 Å². The zero-order valence-electron chi connectivity index (χ0n) is 15.0. The fourth-order valence-electron chi connectivity index (χ4n) is 2.34. The van der Waals surface area contributed by atoms with Gasteiger partial charge in [0.2, 0.25) is 0 Å². The Hall–Kier alpha value is -1.75. The van der Waals surface area contributed by atoms with Crippen molar-refractivity contribution in [3.8, 4) is 5.75 Å². The van der Waals surface area contributed by atoms with Gasteiger partial charge in [-0.1, -0.05) is 36.5 Å². The smallest absolute Gasteiger partial charge is 0.255 e. The Morgan fingerprint density at radius 2 is 1.88 bits per heavy atom. The van der Waals surface area contributed by atoms with E-state index < -0.39 is 0 Å². The van der Waals surface area contributed by atoms with E-state index in [9.17, 15) is 4.79 Å². The Morgan fingerprint density at radius 3 is 2.58 bits per heavy atom. The zero-order valence-corrected chi connectivity index (χ0v) is 16.5. The molecule has 0 unspecified atom stereocenters. The maximum atomic E-state index is 12.5. The molecule has 26 heavy (non-hydrogen) atoms. The van der Waals surface area contributed by atoms with Crippen molar-refractivity contribution in [2.24, 2.45) is 0 Å². The van der Waals surface area contributed by atoms with Crippen LogP contribution in [0.2, 0.25) is 10.0 Å². The second-order valence-corrected chi connectivity index (χ2v) is 6.56. The standard InChI is InChI=1S/C20H23Cl2NO3/c1-3-5-10-25-13-15-11-14(6-9-19(15)26-4-2)20(24)23-16-7-8-17(21)18(22)12-16/h6-9,11-12H,3-5,10,13H2,1-2H3,(H,23,24). The molecule has 0 aliphatic rings. The molecule has 0 saturated heterocycles. The van der Waals surface area contributed by atoms with Crippen molar-refractivity contribution in [1.29, 1.82) is 0 Å². The van der Waals surface area contributed by atoms with Gasteiger partial charge in [0, 0.05) is 23.4 Å². The highest BCUT2D eigenvalue weighted by molar-refractivity contribution is 6.42. The lowest BCUT2D eigenvalue weighted by Crippen LogP contribution is -2.13. The molecule has 0 radical (unpaired) electrons. The summed E-state index contributed by atoms with van der Waals surface area (Å²) in [7, 11) is 0. The summed E-state index contributed by atoms with van der Waals surface area (Å²) in [6.45, 7) is 5.68. The second-order valence-electron chi connectivity index (χ2n) is 5.74. The average molecular weight is 396 g/mol. The van der Waals surface area contributed by atoms with Crippen molar-refractivity contribution >= 4 is 34.8 Å². The van der Waals surface area contributed by atoms with Gasteiger partial charge in [-0.05, 0) is 49.7 Å². The third-order valence-corrected chi connectivity index (χ3v) is 4.44. The van der Waals surface area contributed by atoms with E-state index in [1.54, 1.807) is 36.4 Å². The number of anilines is 1. The van der Waals surface area contributed by atoms with Crippen LogP contribution in [0.15, 0.2) is 36.4 Å². The summed E-state index contributed by atoms with van der Waals surface area (Å²) >= 11 is 11.9. The molecule has 6 heteroatoms. The summed E-state index contributed by atoms with van der Waals surface area (Å²) in [6, 6.07) is 10.3. The SMILES string of the molecule is CCCCOCc1cc(C(=O)Nc2ccc(Cl)c(Cl)c2)ccc1OCC. The molecule has 2 aromatic rings. The molecule has 2 rings (SSSR count). The van der Waals surface area contributed by atoms with Crippen LogP contribution in [0.25, 0.3) is 0 Å². The summed E-state index contributed by atoms with van der Waals surface area (Å²) in [6.07, 6.45) is 2.08. The molecule has 2 aromatic carbocycles. The van der Waals surface area contributed by atoms with Crippen molar-refractivity contribution in [3.63, 3.8) is 0 Å². The van der Waals surface area contributed by atoms with Crippen LogP contribution >= 0.6 is 23.2 Å². The van der Waals surface area contributed by atoms with E-state index >= 15 is 0 Å². The Morgan fingerprint density at radius 1 is 1.08 bits per heavy atom. The fourth-order valence-corrected chi connectivity index (χ4v) is 2.63. The van der Waals surface area contributed by atoms with E-state index in [1.165, 1.54) is 0 Å². The number of nitrogens with one attached hydrogen (secondary N) is 1. The van der Waals surface area contributed by atoms with Crippen LogP contribution in [0.3, 0.4) is 0 Å². The highest BCUT2D eigenvalue weighted by atomic mass is 35.5. The maximum absolute atomic E-state index is 12.5. The molecule has 0 aromatic heterocycles. The van der Waals surface area contributed by atoms with E-state index in [4.69, 9.17) is 32.7 Å². The number of hydrogen-bond donors (Lipinski definition) is 1. The third kappa shape index (κ3) is 5.90. The summed E-state index contributed by atoms with van der Waals surface area (Å²) in [4.78, 5) is 12.5. The highest BCUT2D eigenvalue weighted by Crippen LogP contribution is 2.26. The number of unbranched alkanes of at least 4 members (excludes halogenated alkanes) is 1. The predicted molar refractivity (Wildman–Crippen MR) is 107 cm³/mol. The Kier molecular flexibility index (Phi) is 8.23. The van der Waals surface area contributed by atoms with Gasteiger partial charge in [-0.2, -0.15) is 0 Å². The molecule has 1 N–H and O–H groups in total. The van der Waals surface area contributed by atoms with Crippen molar-refractivity contribution < 1.29 is 14.3 Å². The van der Waals surface area contributed by atoms with E-state index in [0.29, 0.717) is 41.1 Å². The van der Waals surface area contributed by atoms with E-state index in [1.807, 2.05) is 6.92 Å². The number of ether oxygens (including phenoxy) is 2. The Labute approximate surface area is 164 Å². The number of hydrogen-bond acceptors (Lipinski definition) is 3. The lowest BCUT2D eigenvalue weighted by molar-refractivity contribution is 0.102. The minimum Gasteiger partial charge on any atom is -0.494 e. The Balaban J connectivity index is 2.13. The van der Waals surface area contributed by atoms with Crippen molar-refractivity contribution in [2.75, 3.05) is 18.5 Å². The van der Waals surface area contributed by atoms with Gasteiger partial charge < -0.3 is 14.8 Å². The van der Waals surface area contributed by atoms with Crippen LogP contribution in [0.1, 0.15) is 42.6 Å². The summed E-state index contributed by atoms with van der Waals surface area (Å²) in [5.74, 6) is 0.497. The minimum atomic E-state index is -0.235. The topological polar surface area (TPSA) is 47.6 Å². The number of amides is 1. The van der Waals surface area contributed by atoms with Gasteiger partial charge in [-0.25, -0.2) is 0 Å². The summed E-state index contributed by atoms with van der Waals surface area (Å²) < 4.78 is 11.3.